The van der Waals surface area contributed by atoms with E-state index in [2.05, 4.69) is 43.0 Å². The smallest absolute Gasteiger partial charge is 0.101 e. The number of hydrogen-bond donors (Lipinski definition) is 0. The van der Waals surface area contributed by atoms with Crippen molar-refractivity contribution in [3.8, 4) is 0 Å². The van der Waals surface area contributed by atoms with Gasteiger partial charge in [0.15, 0.2) is 0 Å². The molecule has 0 fully saturated rings. The molecule has 1 aliphatic rings. The maximum Gasteiger partial charge on any atom is 0.101 e. The average molecular weight is 547 g/mol. The van der Waals surface area contributed by atoms with E-state index in [-0.39, 0.29) is 0 Å². The Morgan fingerprint density at radius 2 is 0.590 bits per heavy atom. The van der Waals surface area contributed by atoms with E-state index in [1.165, 1.54) is 199 Å². The van der Waals surface area contributed by atoms with Crippen LogP contribution in [0.5, 0.6) is 0 Å². The summed E-state index contributed by atoms with van der Waals surface area (Å²) in [5.74, 6) is 0. The van der Waals surface area contributed by atoms with E-state index >= 15 is 0 Å². The Kier molecular flexibility index (Phi) is 26.9. The number of rotatable bonds is 31. The molecule has 0 spiro atoms. The molecule has 1 unspecified atom stereocenters. The van der Waals surface area contributed by atoms with Crippen LogP contribution >= 0.6 is 0 Å². The first-order valence-electron chi connectivity index (χ1n) is 18.5. The van der Waals surface area contributed by atoms with Gasteiger partial charge in [-0.05, 0) is 25.7 Å². The Hall–Kier alpha value is -0.660. The van der Waals surface area contributed by atoms with E-state index in [4.69, 9.17) is 0 Å². The monoisotopic (exact) mass is 547 g/mol. The molecular formula is C37H74N2. The number of nitrogens with zero attached hydrogens (tertiary/aromatic N) is 2. The standard InChI is InChI=1S/C37H74N2/c1-4-7-10-13-16-18-19-20-22-25-28-31-34-39-36-35-38(33-30-27-24-15-12-9-6-3)37(39)32-29-26-23-21-17-14-11-8-5-2/h35-37H,4-34H2,1-3H3. The predicted octanol–water partition coefficient (Wildman–Crippen LogP) is 12.8. The zero-order chi connectivity index (χ0) is 28.1. The van der Waals surface area contributed by atoms with Gasteiger partial charge >= 0.3 is 0 Å². The second-order valence-electron chi connectivity index (χ2n) is 12.9. The lowest BCUT2D eigenvalue weighted by molar-refractivity contribution is 0.135. The molecular weight excluding hydrogens is 472 g/mol. The summed E-state index contributed by atoms with van der Waals surface area (Å²) < 4.78 is 0. The second kappa shape index (κ2) is 28.9. The highest BCUT2D eigenvalue weighted by Gasteiger charge is 2.24. The minimum absolute atomic E-state index is 0.641. The third-order valence-electron chi connectivity index (χ3n) is 9.07. The van der Waals surface area contributed by atoms with E-state index in [9.17, 15) is 0 Å². The molecule has 0 aromatic carbocycles. The summed E-state index contributed by atoms with van der Waals surface area (Å²) in [7, 11) is 0. The van der Waals surface area contributed by atoms with E-state index in [0.29, 0.717) is 6.17 Å². The Bertz CT molecular complexity index is 502. The first-order valence-corrected chi connectivity index (χ1v) is 18.5. The molecule has 1 aliphatic heterocycles. The SMILES string of the molecule is CCCCCCCCCCCCCCN1C=CN(CCCCCCCCC)C1CCCCCCCCCCC. The lowest BCUT2D eigenvalue weighted by Gasteiger charge is -2.33. The lowest BCUT2D eigenvalue weighted by Crippen LogP contribution is -2.39. The Morgan fingerprint density at radius 1 is 0.333 bits per heavy atom. The van der Waals surface area contributed by atoms with Gasteiger partial charge in [-0.15, -0.1) is 0 Å². The third kappa shape index (κ3) is 21.7. The zero-order valence-electron chi connectivity index (χ0n) is 27.5. The molecule has 0 aromatic rings. The van der Waals surface area contributed by atoms with Gasteiger partial charge in [0.2, 0.25) is 0 Å². The summed E-state index contributed by atoms with van der Waals surface area (Å²) in [6.07, 6.45) is 46.9. The fourth-order valence-corrected chi connectivity index (χ4v) is 6.36. The van der Waals surface area contributed by atoms with Crippen molar-refractivity contribution < 1.29 is 0 Å². The minimum atomic E-state index is 0.641. The van der Waals surface area contributed by atoms with Crippen LogP contribution < -0.4 is 0 Å². The highest BCUT2D eigenvalue weighted by molar-refractivity contribution is 4.97. The van der Waals surface area contributed by atoms with Crippen LogP contribution in [0.15, 0.2) is 12.4 Å². The molecule has 2 heteroatoms. The van der Waals surface area contributed by atoms with Gasteiger partial charge in [0.05, 0.1) is 0 Å². The van der Waals surface area contributed by atoms with Gasteiger partial charge < -0.3 is 9.80 Å². The molecule has 0 radical (unpaired) electrons. The molecule has 0 aromatic heterocycles. The van der Waals surface area contributed by atoms with Crippen molar-refractivity contribution in [3.05, 3.63) is 12.4 Å². The molecule has 0 saturated heterocycles. The maximum absolute atomic E-state index is 2.71. The van der Waals surface area contributed by atoms with Gasteiger partial charge in [-0.3, -0.25) is 0 Å². The quantitative estimate of drug-likeness (QED) is 0.0798. The molecule has 0 saturated carbocycles. The van der Waals surface area contributed by atoms with Crippen LogP contribution in [0, 0.1) is 0 Å². The molecule has 0 bridgehead atoms. The summed E-state index contributed by atoms with van der Waals surface area (Å²) in [6.45, 7) is 9.48. The number of unbranched alkanes of at least 4 members (excludes halogenated alkanes) is 25. The zero-order valence-corrected chi connectivity index (χ0v) is 27.5. The molecule has 39 heavy (non-hydrogen) atoms. The van der Waals surface area contributed by atoms with Crippen molar-refractivity contribution in [2.45, 2.75) is 213 Å². The van der Waals surface area contributed by atoms with E-state index in [1.807, 2.05) is 0 Å². The van der Waals surface area contributed by atoms with Gasteiger partial charge in [-0.25, -0.2) is 0 Å². The molecule has 0 N–H and O–H groups in total. The van der Waals surface area contributed by atoms with Gasteiger partial charge in [-0.1, -0.05) is 181 Å². The Morgan fingerprint density at radius 3 is 0.897 bits per heavy atom. The molecule has 1 atom stereocenters. The van der Waals surface area contributed by atoms with Crippen molar-refractivity contribution >= 4 is 0 Å². The van der Waals surface area contributed by atoms with Crippen molar-refractivity contribution in [1.29, 1.82) is 0 Å². The van der Waals surface area contributed by atoms with Gasteiger partial charge in [0.1, 0.15) is 6.17 Å². The normalized spacial score (nSPS) is 15.2. The van der Waals surface area contributed by atoms with Crippen LogP contribution in [0.1, 0.15) is 207 Å². The maximum atomic E-state index is 2.71. The van der Waals surface area contributed by atoms with Crippen LogP contribution in [-0.2, 0) is 0 Å². The Labute approximate surface area is 248 Å². The second-order valence-corrected chi connectivity index (χ2v) is 12.9. The fourth-order valence-electron chi connectivity index (χ4n) is 6.36. The topological polar surface area (TPSA) is 6.48 Å². The van der Waals surface area contributed by atoms with Crippen molar-refractivity contribution in [1.82, 2.24) is 9.80 Å². The van der Waals surface area contributed by atoms with E-state index < -0.39 is 0 Å². The first-order chi connectivity index (χ1) is 19.3. The van der Waals surface area contributed by atoms with Crippen LogP contribution in [0.2, 0.25) is 0 Å². The first kappa shape index (κ1) is 36.4. The highest BCUT2D eigenvalue weighted by atomic mass is 15.4. The van der Waals surface area contributed by atoms with E-state index in [0.717, 1.165) is 0 Å². The minimum Gasteiger partial charge on any atom is -0.356 e. The Balaban J connectivity index is 2.22. The van der Waals surface area contributed by atoms with Crippen LogP contribution in [0.25, 0.3) is 0 Å². The summed E-state index contributed by atoms with van der Waals surface area (Å²) in [5, 5.41) is 0. The molecule has 0 amide bonds. The summed E-state index contributed by atoms with van der Waals surface area (Å²) >= 11 is 0. The largest absolute Gasteiger partial charge is 0.356 e. The average Bonchev–Trinajstić information content (AvgIpc) is 3.33. The molecule has 1 heterocycles. The van der Waals surface area contributed by atoms with Gasteiger partial charge in [0.25, 0.3) is 0 Å². The predicted molar refractivity (Wildman–Crippen MR) is 177 cm³/mol. The van der Waals surface area contributed by atoms with Crippen LogP contribution in [0.4, 0.5) is 0 Å². The number of hydrogen-bond acceptors (Lipinski definition) is 2. The molecule has 1 rings (SSSR count). The summed E-state index contributed by atoms with van der Waals surface area (Å²) in [6, 6.07) is 0. The van der Waals surface area contributed by atoms with Gasteiger partial charge in [-0.2, -0.15) is 0 Å². The van der Waals surface area contributed by atoms with Crippen molar-refractivity contribution in [3.63, 3.8) is 0 Å². The molecule has 232 valence electrons. The third-order valence-corrected chi connectivity index (χ3v) is 9.07. The van der Waals surface area contributed by atoms with Crippen LogP contribution in [0.3, 0.4) is 0 Å². The van der Waals surface area contributed by atoms with Crippen molar-refractivity contribution in [2.24, 2.45) is 0 Å². The van der Waals surface area contributed by atoms with Crippen molar-refractivity contribution in [2.75, 3.05) is 13.1 Å². The van der Waals surface area contributed by atoms with Crippen LogP contribution in [-0.4, -0.2) is 29.1 Å². The van der Waals surface area contributed by atoms with E-state index in [1.54, 1.807) is 0 Å². The van der Waals surface area contributed by atoms with Gasteiger partial charge in [0, 0.05) is 25.5 Å². The lowest BCUT2D eigenvalue weighted by atomic mass is 10.0. The summed E-state index contributed by atoms with van der Waals surface area (Å²) in [4.78, 5) is 5.42. The molecule has 0 aliphatic carbocycles. The molecule has 2 nitrogen and oxygen atoms in total. The summed E-state index contributed by atoms with van der Waals surface area (Å²) in [5.41, 5.74) is 0. The fraction of sp³-hybridized carbons (Fsp3) is 0.946. The highest BCUT2D eigenvalue weighted by Crippen LogP contribution is 2.24.